The molecular formula is C17H18N4O4S2. The van der Waals surface area contributed by atoms with Crippen LogP contribution >= 0.6 is 23.6 Å². The number of methoxy groups -OCH3 is 1. The topological polar surface area (TPSA) is 88.0 Å². The molecule has 0 bridgehead atoms. The summed E-state index contributed by atoms with van der Waals surface area (Å²) in [5.74, 6) is 0.558. The molecule has 1 saturated heterocycles. The zero-order valence-electron chi connectivity index (χ0n) is 14.6. The molecule has 0 radical (unpaired) electrons. The van der Waals surface area contributed by atoms with Crippen molar-refractivity contribution in [1.82, 2.24) is 9.80 Å². The number of ether oxygens (including phenoxy) is 1. The maximum Gasteiger partial charge on any atom is 0.324 e. The quantitative estimate of drug-likeness (QED) is 0.474. The van der Waals surface area contributed by atoms with Crippen LogP contribution in [0.5, 0.6) is 5.75 Å². The van der Waals surface area contributed by atoms with Crippen LogP contribution in [0.25, 0.3) is 0 Å². The fourth-order valence-corrected chi connectivity index (χ4v) is 3.80. The highest BCUT2D eigenvalue weighted by Crippen LogP contribution is 2.25. The number of nitro groups is 1. The van der Waals surface area contributed by atoms with Gasteiger partial charge in [-0.2, -0.15) is 0 Å². The van der Waals surface area contributed by atoms with Gasteiger partial charge in [0.2, 0.25) is 0 Å². The molecule has 1 fully saturated rings. The maximum atomic E-state index is 12.5. The molecule has 1 aliphatic heterocycles. The van der Waals surface area contributed by atoms with Crippen LogP contribution in [0.3, 0.4) is 0 Å². The number of anilines is 1. The summed E-state index contributed by atoms with van der Waals surface area (Å²) in [6, 6.07) is 10.4. The number of carbonyl (C=O) groups is 1. The Hall–Kier alpha value is -2.72. The van der Waals surface area contributed by atoms with Crippen LogP contribution in [-0.4, -0.2) is 59.0 Å². The van der Waals surface area contributed by atoms with Crippen molar-refractivity contribution in [2.75, 3.05) is 38.6 Å². The van der Waals surface area contributed by atoms with E-state index in [1.807, 2.05) is 29.2 Å². The van der Waals surface area contributed by atoms with E-state index < -0.39 is 4.92 Å². The van der Waals surface area contributed by atoms with Gasteiger partial charge in [-0.25, -0.2) is 0 Å². The Morgan fingerprint density at radius 3 is 2.56 bits per heavy atom. The molecule has 1 aliphatic rings. The molecule has 0 saturated carbocycles. The Kier molecular flexibility index (Phi) is 5.87. The molecular weight excluding hydrogens is 388 g/mol. The van der Waals surface area contributed by atoms with E-state index in [0.29, 0.717) is 36.2 Å². The molecule has 8 nitrogen and oxygen atoms in total. The summed E-state index contributed by atoms with van der Waals surface area (Å²) in [6.45, 7) is 2.19. The van der Waals surface area contributed by atoms with Crippen LogP contribution in [0.15, 0.2) is 36.4 Å². The van der Waals surface area contributed by atoms with Crippen molar-refractivity contribution in [2.24, 2.45) is 0 Å². The number of nitrogens with one attached hydrogen (secondary N) is 1. The zero-order chi connectivity index (χ0) is 19.4. The number of nitrogens with zero attached hydrogens (tertiary/aromatic N) is 3. The summed E-state index contributed by atoms with van der Waals surface area (Å²) in [7, 11) is 1.61. The Bertz CT molecular complexity index is 862. The number of amides is 1. The summed E-state index contributed by atoms with van der Waals surface area (Å²) in [5, 5.41) is 14.5. The molecule has 2 aromatic rings. The highest BCUT2D eigenvalue weighted by atomic mass is 32.1. The lowest BCUT2D eigenvalue weighted by molar-refractivity contribution is -0.380. The third kappa shape index (κ3) is 4.52. The number of piperazine rings is 1. The van der Waals surface area contributed by atoms with E-state index >= 15 is 0 Å². The van der Waals surface area contributed by atoms with Crippen LogP contribution in [-0.2, 0) is 0 Å². The maximum absolute atomic E-state index is 12.5. The second-order valence-electron chi connectivity index (χ2n) is 5.84. The number of carbonyl (C=O) groups excluding carboxylic acids is 1. The van der Waals surface area contributed by atoms with Gasteiger partial charge in [0.1, 0.15) is 5.75 Å². The predicted octanol–water partition coefficient (Wildman–Crippen LogP) is 2.82. The summed E-state index contributed by atoms with van der Waals surface area (Å²) in [5.41, 5.74) is 0.837. The van der Waals surface area contributed by atoms with Crippen LogP contribution < -0.4 is 10.1 Å². The highest BCUT2D eigenvalue weighted by Gasteiger charge is 2.25. The minimum absolute atomic E-state index is 0.0272. The average molecular weight is 406 g/mol. The van der Waals surface area contributed by atoms with Gasteiger partial charge in [-0.15, -0.1) is 0 Å². The van der Waals surface area contributed by atoms with Gasteiger partial charge in [0, 0.05) is 44.0 Å². The second-order valence-corrected chi connectivity index (χ2v) is 7.29. The molecule has 1 amide bonds. The molecule has 27 heavy (non-hydrogen) atoms. The molecule has 2 heterocycles. The minimum Gasteiger partial charge on any atom is -0.497 e. The first-order valence-electron chi connectivity index (χ1n) is 8.21. The van der Waals surface area contributed by atoms with E-state index in [0.717, 1.165) is 22.8 Å². The predicted molar refractivity (Wildman–Crippen MR) is 108 cm³/mol. The first-order valence-corrected chi connectivity index (χ1v) is 9.44. The second kappa shape index (κ2) is 8.31. The number of hydrogen-bond donors (Lipinski definition) is 1. The summed E-state index contributed by atoms with van der Waals surface area (Å²) in [6.07, 6.45) is 0. The van der Waals surface area contributed by atoms with E-state index in [-0.39, 0.29) is 10.9 Å². The largest absolute Gasteiger partial charge is 0.497 e. The molecule has 0 unspecified atom stereocenters. The van der Waals surface area contributed by atoms with E-state index in [9.17, 15) is 14.9 Å². The van der Waals surface area contributed by atoms with Crippen molar-refractivity contribution in [2.45, 2.75) is 0 Å². The molecule has 10 heteroatoms. The van der Waals surface area contributed by atoms with E-state index in [1.54, 1.807) is 12.0 Å². The van der Waals surface area contributed by atoms with Crippen LogP contribution in [0.4, 0.5) is 10.7 Å². The van der Waals surface area contributed by atoms with Crippen LogP contribution in [0.2, 0.25) is 0 Å². The van der Waals surface area contributed by atoms with Gasteiger partial charge in [0.15, 0.2) is 5.11 Å². The number of rotatable bonds is 4. The molecule has 0 aliphatic carbocycles. The minimum atomic E-state index is -0.484. The van der Waals surface area contributed by atoms with Gasteiger partial charge < -0.3 is 19.9 Å². The molecule has 1 aromatic carbocycles. The smallest absolute Gasteiger partial charge is 0.324 e. The zero-order valence-corrected chi connectivity index (χ0v) is 16.2. The van der Waals surface area contributed by atoms with Crippen molar-refractivity contribution in [1.29, 1.82) is 0 Å². The first kappa shape index (κ1) is 19.1. The summed E-state index contributed by atoms with van der Waals surface area (Å²) >= 11 is 6.36. The van der Waals surface area contributed by atoms with Gasteiger partial charge in [0.25, 0.3) is 5.91 Å². The van der Waals surface area contributed by atoms with Gasteiger partial charge >= 0.3 is 5.00 Å². The standard InChI is InChI=1S/C17H18N4O4S2/c1-25-13-4-2-3-12(11-13)18-17(26)20-9-7-19(8-10-20)16(22)14-5-6-15(27-14)21(23)24/h2-6,11H,7-10H2,1H3,(H,18,26). The Labute approximate surface area is 165 Å². The van der Waals surface area contributed by atoms with Gasteiger partial charge in [-0.1, -0.05) is 17.4 Å². The number of thiocarbonyl (C=S) groups is 1. The summed E-state index contributed by atoms with van der Waals surface area (Å²) in [4.78, 5) is 26.9. The lowest BCUT2D eigenvalue weighted by Crippen LogP contribution is -2.51. The summed E-state index contributed by atoms with van der Waals surface area (Å²) < 4.78 is 5.20. The van der Waals surface area contributed by atoms with Crippen molar-refractivity contribution >= 4 is 45.3 Å². The van der Waals surface area contributed by atoms with E-state index in [1.165, 1.54) is 12.1 Å². The van der Waals surface area contributed by atoms with Crippen LogP contribution in [0.1, 0.15) is 9.67 Å². The highest BCUT2D eigenvalue weighted by molar-refractivity contribution is 7.80. The SMILES string of the molecule is COc1cccc(NC(=S)N2CCN(C(=O)c3ccc([N+](=O)[O-])s3)CC2)c1. The van der Waals surface area contributed by atoms with E-state index in [2.05, 4.69) is 5.32 Å². The fraction of sp³-hybridized carbons (Fsp3) is 0.294. The van der Waals surface area contributed by atoms with Crippen molar-refractivity contribution in [3.05, 3.63) is 51.4 Å². The van der Waals surface area contributed by atoms with Crippen LogP contribution in [0, 0.1) is 10.1 Å². The average Bonchev–Trinajstić information content (AvgIpc) is 3.18. The van der Waals surface area contributed by atoms with E-state index in [4.69, 9.17) is 17.0 Å². The number of hydrogen-bond acceptors (Lipinski definition) is 6. The molecule has 3 rings (SSSR count). The molecule has 0 atom stereocenters. The Morgan fingerprint density at radius 1 is 1.22 bits per heavy atom. The lowest BCUT2D eigenvalue weighted by atomic mass is 10.3. The Balaban J connectivity index is 1.55. The number of thiophene rings is 1. The molecule has 142 valence electrons. The lowest BCUT2D eigenvalue weighted by Gasteiger charge is -2.36. The van der Waals surface area contributed by atoms with Gasteiger partial charge in [-0.05, 0) is 30.4 Å². The van der Waals surface area contributed by atoms with Crippen molar-refractivity contribution in [3.63, 3.8) is 0 Å². The van der Waals surface area contributed by atoms with Crippen molar-refractivity contribution < 1.29 is 14.5 Å². The molecule has 1 aromatic heterocycles. The monoisotopic (exact) mass is 406 g/mol. The third-order valence-electron chi connectivity index (χ3n) is 4.16. The van der Waals surface area contributed by atoms with Gasteiger partial charge in [0.05, 0.1) is 16.9 Å². The van der Waals surface area contributed by atoms with Crippen molar-refractivity contribution in [3.8, 4) is 5.75 Å². The normalized spacial score (nSPS) is 14.0. The molecule has 0 spiro atoms. The molecule has 1 N–H and O–H groups in total. The first-order chi connectivity index (χ1) is 13.0. The Morgan fingerprint density at radius 2 is 1.93 bits per heavy atom. The fourth-order valence-electron chi connectivity index (χ4n) is 2.71. The number of benzene rings is 1. The third-order valence-corrected chi connectivity index (χ3v) is 5.54. The van der Waals surface area contributed by atoms with Gasteiger partial charge in [-0.3, -0.25) is 14.9 Å².